The van der Waals surface area contributed by atoms with Gasteiger partial charge in [-0.1, -0.05) is 23.2 Å². The van der Waals surface area contributed by atoms with Crippen LogP contribution < -0.4 is 0 Å². The van der Waals surface area contributed by atoms with E-state index < -0.39 is 0 Å². The standard InChI is InChI=1S/C16H18Cl2O2S/c17-12-1-2-13(14(18)9-12)15(19)11-3-6-20-16(10-11)4-7-21-8-5-16/h1-2,9,11H,3-8,10H2. The summed E-state index contributed by atoms with van der Waals surface area (Å²) in [5.41, 5.74) is 0.510. The molecule has 1 aromatic carbocycles. The molecule has 1 aromatic rings. The second-order valence-corrected chi connectivity index (χ2v) is 7.89. The number of rotatable bonds is 2. The zero-order chi connectivity index (χ0) is 14.9. The lowest BCUT2D eigenvalue weighted by atomic mass is 9.79. The molecule has 21 heavy (non-hydrogen) atoms. The summed E-state index contributed by atoms with van der Waals surface area (Å²) in [4.78, 5) is 12.8. The summed E-state index contributed by atoms with van der Waals surface area (Å²) in [5.74, 6) is 2.41. The Kier molecular flexibility index (Phi) is 4.84. The first kappa shape index (κ1) is 15.7. The maximum Gasteiger partial charge on any atom is 0.167 e. The Balaban J connectivity index is 1.77. The van der Waals surface area contributed by atoms with E-state index >= 15 is 0 Å². The van der Waals surface area contributed by atoms with Gasteiger partial charge in [0.15, 0.2) is 5.78 Å². The maximum absolute atomic E-state index is 12.8. The summed E-state index contributed by atoms with van der Waals surface area (Å²) >= 11 is 14.1. The minimum absolute atomic E-state index is 0.0144. The molecule has 1 unspecified atom stereocenters. The van der Waals surface area contributed by atoms with Gasteiger partial charge >= 0.3 is 0 Å². The number of benzene rings is 1. The van der Waals surface area contributed by atoms with Crippen molar-refractivity contribution in [2.45, 2.75) is 31.3 Å². The topological polar surface area (TPSA) is 26.3 Å². The normalized spacial score (nSPS) is 25.0. The third kappa shape index (κ3) is 3.42. The minimum Gasteiger partial charge on any atom is -0.375 e. The second-order valence-electron chi connectivity index (χ2n) is 5.82. The third-order valence-corrected chi connectivity index (χ3v) is 6.00. The van der Waals surface area contributed by atoms with Crippen molar-refractivity contribution in [2.75, 3.05) is 18.1 Å². The van der Waals surface area contributed by atoms with E-state index in [1.165, 1.54) is 0 Å². The predicted octanol–water partition coefficient (Wildman–Crippen LogP) is 4.87. The minimum atomic E-state index is -0.0806. The second kappa shape index (κ2) is 6.49. The van der Waals surface area contributed by atoms with E-state index in [9.17, 15) is 4.79 Å². The monoisotopic (exact) mass is 344 g/mol. The SMILES string of the molecule is O=C(c1ccc(Cl)cc1Cl)C1CCOC2(CCSCC2)C1. The highest BCUT2D eigenvalue weighted by atomic mass is 35.5. The van der Waals surface area contributed by atoms with E-state index in [4.69, 9.17) is 27.9 Å². The van der Waals surface area contributed by atoms with Gasteiger partial charge in [-0.3, -0.25) is 4.79 Å². The smallest absolute Gasteiger partial charge is 0.167 e. The molecular weight excluding hydrogens is 327 g/mol. The van der Waals surface area contributed by atoms with Crippen molar-refractivity contribution in [1.29, 1.82) is 0 Å². The summed E-state index contributed by atoms with van der Waals surface area (Å²) in [5, 5.41) is 1.01. The fourth-order valence-electron chi connectivity index (χ4n) is 3.25. The molecule has 2 aliphatic rings. The molecule has 114 valence electrons. The average Bonchev–Trinajstić information content (AvgIpc) is 2.47. The summed E-state index contributed by atoms with van der Waals surface area (Å²) in [6, 6.07) is 5.11. The Morgan fingerprint density at radius 3 is 2.76 bits per heavy atom. The first-order valence-electron chi connectivity index (χ1n) is 7.31. The van der Waals surface area contributed by atoms with Crippen LogP contribution in [0.25, 0.3) is 0 Å². The molecule has 2 saturated heterocycles. The maximum atomic E-state index is 12.8. The molecule has 2 heterocycles. The number of carbonyl (C=O) groups is 1. The number of ether oxygens (including phenoxy) is 1. The molecule has 2 fully saturated rings. The van der Waals surface area contributed by atoms with Crippen molar-refractivity contribution in [1.82, 2.24) is 0 Å². The third-order valence-electron chi connectivity index (χ3n) is 4.46. The number of ketones is 1. The number of carbonyl (C=O) groups excluding carboxylic acids is 1. The highest BCUT2D eigenvalue weighted by Crippen LogP contribution is 2.41. The lowest BCUT2D eigenvalue weighted by molar-refractivity contribution is -0.0959. The van der Waals surface area contributed by atoms with Crippen molar-refractivity contribution < 1.29 is 9.53 Å². The van der Waals surface area contributed by atoms with Gasteiger partial charge in [-0.2, -0.15) is 11.8 Å². The molecule has 0 amide bonds. The fourth-order valence-corrected chi connectivity index (χ4v) is 4.99. The number of halogens is 2. The molecule has 0 bridgehead atoms. The molecule has 1 spiro atoms. The van der Waals surface area contributed by atoms with Gasteiger partial charge in [0.2, 0.25) is 0 Å². The zero-order valence-electron chi connectivity index (χ0n) is 11.7. The van der Waals surface area contributed by atoms with Gasteiger partial charge in [0, 0.05) is 23.1 Å². The summed E-state index contributed by atoms with van der Waals surface area (Å²) < 4.78 is 6.05. The van der Waals surface area contributed by atoms with E-state index in [1.807, 2.05) is 11.8 Å². The fraction of sp³-hybridized carbons (Fsp3) is 0.562. The van der Waals surface area contributed by atoms with Crippen molar-refractivity contribution >= 4 is 40.7 Å². The Hall–Kier alpha value is -0.220. The van der Waals surface area contributed by atoms with Crippen LogP contribution in [0.1, 0.15) is 36.0 Å². The van der Waals surface area contributed by atoms with Crippen molar-refractivity contribution in [3.63, 3.8) is 0 Å². The summed E-state index contributed by atoms with van der Waals surface area (Å²) in [7, 11) is 0. The Morgan fingerprint density at radius 2 is 2.05 bits per heavy atom. The van der Waals surface area contributed by atoms with Crippen LogP contribution in [0.15, 0.2) is 18.2 Å². The molecule has 0 N–H and O–H groups in total. The lowest BCUT2D eigenvalue weighted by Gasteiger charge is -2.43. The first-order chi connectivity index (χ1) is 10.1. The molecule has 0 aliphatic carbocycles. The molecule has 3 rings (SSSR count). The van der Waals surface area contributed by atoms with Gasteiger partial charge in [0.05, 0.1) is 10.6 Å². The van der Waals surface area contributed by atoms with Gasteiger partial charge in [-0.25, -0.2) is 0 Å². The quantitative estimate of drug-likeness (QED) is 0.716. The molecule has 2 aliphatic heterocycles. The lowest BCUT2D eigenvalue weighted by Crippen LogP contribution is -2.44. The van der Waals surface area contributed by atoms with Crippen LogP contribution in [0.3, 0.4) is 0 Å². The summed E-state index contributed by atoms with van der Waals surface area (Å²) in [6.45, 7) is 0.673. The molecule has 0 radical (unpaired) electrons. The van der Waals surface area contributed by atoms with Gasteiger partial charge in [0.25, 0.3) is 0 Å². The van der Waals surface area contributed by atoms with Crippen LogP contribution in [0.4, 0.5) is 0 Å². The Bertz CT molecular complexity index is 536. The molecular formula is C16H18Cl2O2S. The van der Waals surface area contributed by atoms with Gasteiger partial charge < -0.3 is 4.74 Å². The van der Waals surface area contributed by atoms with Gasteiger partial charge in [-0.05, 0) is 55.4 Å². The molecule has 0 saturated carbocycles. The van der Waals surface area contributed by atoms with E-state index in [0.717, 1.165) is 37.2 Å². The Labute approximate surface area is 139 Å². The molecule has 2 nitrogen and oxygen atoms in total. The van der Waals surface area contributed by atoms with Crippen LogP contribution in [0, 0.1) is 5.92 Å². The number of hydrogen-bond acceptors (Lipinski definition) is 3. The zero-order valence-corrected chi connectivity index (χ0v) is 14.1. The van der Waals surface area contributed by atoms with E-state index in [-0.39, 0.29) is 17.3 Å². The number of hydrogen-bond donors (Lipinski definition) is 0. The van der Waals surface area contributed by atoms with E-state index in [2.05, 4.69) is 0 Å². The number of Topliss-reactive ketones (excluding diaryl/α,β-unsaturated/α-hetero) is 1. The van der Waals surface area contributed by atoms with Crippen LogP contribution in [-0.4, -0.2) is 29.5 Å². The van der Waals surface area contributed by atoms with E-state index in [1.54, 1.807) is 18.2 Å². The summed E-state index contributed by atoms with van der Waals surface area (Å²) in [6.07, 6.45) is 3.71. The molecule has 0 aromatic heterocycles. The number of thioether (sulfide) groups is 1. The van der Waals surface area contributed by atoms with Crippen molar-refractivity contribution in [3.8, 4) is 0 Å². The van der Waals surface area contributed by atoms with Gasteiger partial charge in [-0.15, -0.1) is 0 Å². The predicted molar refractivity (Wildman–Crippen MR) is 88.8 cm³/mol. The van der Waals surface area contributed by atoms with Crippen molar-refractivity contribution in [2.24, 2.45) is 5.92 Å². The van der Waals surface area contributed by atoms with Crippen molar-refractivity contribution in [3.05, 3.63) is 33.8 Å². The molecule has 5 heteroatoms. The van der Waals surface area contributed by atoms with Crippen LogP contribution >= 0.6 is 35.0 Å². The highest BCUT2D eigenvalue weighted by molar-refractivity contribution is 7.99. The largest absolute Gasteiger partial charge is 0.375 e. The molecule has 1 atom stereocenters. The van der Waals surface area contributed by atoms with Crippen LogP contribution in [0.5, 0.6) is 0 Å². The van der Waals surface area contributed by atoms with Gasteiger partial charge in [0.1, 0.15) is 0 Å². The van der Waals surface area contributed by atoms with E-state index in [0.29, 0.717) is 22.2 Å². The first-order valence-corrected chi connectivity index (χ1v) is 9.22. The Morgan fingerprint density at radius 1 is 1.29 bits per heavy atom. The highest BCUT2D eigenvalue weighted by Gasteiger charge is 2.41. The van der Waals surface area contributed by atoms with Crippen LogP contribution in [-0.2, 0) is 4.74 Å². The van der Waals surface area contributed by atoms with Crippen LogP contribution in [0.2, 0.25) is 10.0 Å². The average molecular weight is 345 g/mol.